The van der Waals surface area contributed by atoms with Gasteiger partial charge in [0.15, 0.2) is 5.78 Å². The first-order valence-electron chi connectivity index (χ1n) is 6.39. The van der Waals surface area contributed by atoms with E-state index in [-0.39, 0.29) is 5.78 Å². The van der Waals surface area contributed by atoms with Crippen molar-refractivity contribution in [2.24, 2.45) is 16.8 Å². The predicted molar refractivity (Wildman–Crippen MR) is 68.0 cm³/mol. The largest absolute Gasteiger partial charge is 0.373 e. The van der Waals surface area contributed by atoms with E-state index in [1.54, 1.807) is 6.08 Å². The quantitative estimate of drug-likeness (QED) is 0.678. The van der Waals surface area contributed by atoms with E-state index in [2.05, 4.69) is 11.5 Å². The first-order valence-corrected chi connectivity index (χ1v) is 6.39. The minimum atomic E-state index is 0.269. The zero-order valence-electron chi connectivity index (χ0n) is 10.0. The van der Waals surface area contributed by atoms with Gasteiger partial charge in [-0.2, -0.15) is 0 Å². The van der Waals surface area contributed by atoms with E-state index in [1.165, 1.54) is 12.1 Å². The summed E-state index contributed by atoms with van der Waals surface area (Å²) in [6.45, 7) is 5.72. The topological polar surface area (TPSA) is 32.7 Å². The number of fused-ring (bicyclic) bond motifs is 4. The van der Waals surface area contributed by atoms with Gasteiger partial charge in [-0.25, -0.2) is 0 Å². The Morgan fingerprint density at radius 3 is 3.29 bits per heavy atom. The minimum Gasteiger partial charge on any atom is -0.373 e. The van der Waals surface area contributed by atoms with Crippen molar-refractivity contribution in [1.82, 2.24) is 4.90 Å². The van der Waals surface area contributed by atoms with Crippen molar-refractivity contribution in [3.8, 4) is 0 Å². The van der Waals surface area contributed by atoms with Crippen molar-refractivity contribution in [2.45, 2.75) is 25.3 Å². The third-order valence-corrected chi connectivity index (χ3v) is 4.20. The molecule has 3 atom stereocenters. The monoisotopic (exact) mass is 230 g/mol. The molecule has 3 aliphatic rings. The summed E-state index contributed by atoms with van der Waals surface area (Å²) in [5.41, 5.74) is 1.31. The van der Waals surface area contributed by atoms with Crippen LogP contribution in [-0.4, -0.2) is 35.5 Å². The zero-order chi connectivity index (χ0) is 11.8. The molecule has 3 unspecified atom stereocenters. The Bertz CT molecular complexity index is 410. The van der Waals surface area contributed by atoms with Crippen LogP contribution < -0.4 is 0 Å². The summed E-state index contributed by atoms with van der Waals surface area (Å²) in [6, 6.07) is 0.401. The van der Waals surface area contributed by atoms with E-state index in [4.69, 9.17) is 4.99 Å². The van der Waals surface area contributed by atoms with Crippen molar-refractivity contribution >= 4 is 11.5 Å². The molecule has 90 valence electrons. The fourth-order valence-corrected chi connectivity index (χ4v) is 3.35. The molecule has 3 heteroatoms. The second kappa shape index (κ2) is 4.13. The van der Waals surface area contributed by atoms with Gasteiger partial charge in [0, 0.05) is 49.8 Å². The number of carbonyl (C=O) groups is 1. The van der Waals surface area contributed by atoms with Gasteiger partial charge in [0.05, 0.1) is 0 Å². The maximum absolute atomic E-state index is 11.5. The standard InChI is InChI=1S/C14H18N2O/c1-2-3-13-11-6-10(8-15-13)14-7-12(17)4-5-16(14)9-11/h2,4-5,10-11,14H,1,3,6-9H2. The molecule has 17 heavy (non-hydrogen) atoms. The average Bonchev–Trinajstić information content (AvgIpc) is 2.34. The summed E-state index contributed by atoms with van der Waals surface area (Å²) >= 11 is 0. The highest BCUT2D eigenvalue weighted by molar-refractivity contribution is 5.91. The van der Waals surface area contributed by atoms with Gasteiger partial charge in [0.2, 0.25) is 0 Å². The molecular weight excluding hydrogens is 212 g/mol. The van der Waals surface area contributed by atoms with Crippen LogP contribution in [0.1, 0.15) is 19.3 Å². The number of piperidine rings is 1. The molecule has 3 rings (SSSR count). The Morgan fingerprint density at radius 2 is 2.47 bits per heavy atom. The van der Waals surface area contributed by atoms with E-state index < -0.39 is 0 Å². The molecule has 1 saturated heterocycles. The summed E-state index contributed by atoms with van der Waals surface area (Å²) in [5.74, 6) is 1.41. The van der Waals surface area contributed by atoms with E-state index in [9.17, 15) is 4.79 Å². The maximum Gasteiger partial charge on any atom is 0.159 e. The van der Waals surface area contributed by atoms with Gasteiger partial charge in [-0.05, 0) is 18.4 Å². The van der Waals surface area contributed by atoms with E-state index >= 15 is 0 Å². The van der Waals surface area contributed by atoms with Crippen molar-refractivity contribution in [3.05, 3.63) is 24.9 Å². The summed E-state index contributed by atoms with van der Waals surface area (Å²) in [7, 11) is 0. The fraction of sp³-hybridized carbons (Fsp3) is 0.571. The van der Waals surface area contributed by atoms with E-state index in [0.717, 1.165) is 19.5 Å². The highest BCUT2D eigenvalue weighted by Crippen LogP contribution is 2.36. The molecule has 0 aliphatic carbocycles. The molecule has 0 aromatic heterocycles. The molecule has 0 saturated carbocycles. The first kappa shape index (κ1) is 10.8. The van der Waals surface area contributed by atoms with Crippen LogP contribution in [-0.2, 0) is 4.79 Å². The number of rotatable bonds is 2. The Morgan fingerprint density at radius 1 is 1.59 bits per heavy atom. The van der Waals surface area contributed by atoms with Gasteiger partial charge in [0.1, 0.15) is 0 Å². The Kier molecular flexibility index (Phi) is 2.61. The molecule has 2 bridgehead atoms. The molecule has 0 spiro atoms. The highest BCUT2D eigenvalue weighted by atomic mass is 16.1. The summed E-state index contributed by atoms with van der Waals surface area (Å²) in [5, 5.41) is 0. The lowest BCUT2D eigenvalue weighted by molar-refractivity contribution is -0.117. The zero-order valence-corrected chi connectivity index (χ0v) is 10.0. The smallest absolute Gasteiger partial charge is 0.159 e. The molecule has 1 fully saturated rings. The molecule has 0 aromatic rings. The van der Waals surface area contributed by atoms with Crippen molar-refractivity contribution in [3.63, 3.8) is 0 Å². The third kappa shape index (κ3) is 1.84. The van der Waals surface area contributed by atoms with Gasteiger partial charge in [-0.3, -0.25) is 9.79 Å². The van der Waals surface area contributed by atoms with Crippen molar-refractivity contribution < 1.29 is 4.79 Å². The van der Waals surface area contributed by atoms with E-state index in [0.29, 0.717) is 24.3 Å². The first-order chi connectivity index (χ1) is 8.28. The van der Waals surface area contributed by atoms with Crippen LogP contribution in [0.5, 0.6) is 0 Å². The lowest BCUT2D eigenvalue weighted by Gasteiger charge is -2.47. The van der Waals surface area contributed by atoms with Gasteiger partial charge in [-0.1, -0.05) is 6.08 Å². The molecule has 3 nitrogen and oxygen atoms in total. The summed E-state index contributed by atoms with van der Waals surface area (Å²) in [6.07, 6.45) is 8.46. The molecule has 0 aromatic carbocycles. The molecular formula is C14H18N2O. The molecule has 3 aliphatic heterocycles. The maximum atomic E-state index is 11.5. The van der Waals surface area contributed by atoms with Gasteiger partial charge >= 0.3 is 0 Å². The van der Waals surface area contributed by atoms with Gasteiger partial charge < -0.3 is 4.90 Å². The fourth-order valence-electron chi connectivity index (χ4n) is 3.35. The Labute approximate surface area is 102 Å². The van der Waals surface area contributed by atoms with Crippen LogP contribution in [0.2, 0.25) is 0 Å². The predicted octanol–water partition coefficient (Wildman–Crippen LogP) is 1.81. The number of carbonyl (C=O) groups excluding carboxylic acids is 1. The van der Waals surface area contributed by atoms with Crippen LogP contribution in [0, 0.1) is 11.8 Å². The third-order valence-electron chi connectivity index (χ3n) is 4.20. The highest BCUT2D eigenvalue weighted by Gasteiger charge is 2.40. The Balaban J connectivity index is 1.83. The number of ketones is 1. The lowest BCUT2D eigenvalue weighted by Crippen LogP contribution is -2.52. The van der Waals surface area contributed by atoms with Crippen molar-refractivity contribution in [1.29, 1.82) is 0 Å². The van der Waals surface area contributed by atoms with Crippen LogP contribution >= 0.6 is 0 Å². The van der Waals surface area contributed by atoms with Crippen LogP contribution in [0.4, 0.5) is 0 Å². The van der Waals surface area contributed by atoms with Crippen LogP contribution in [0.3, 0.4) is 0 Å². The number of hydrogen-bond acceptors (Lipinski definition) is 3. The number of aliphatic imine (C=N–C) groups is 1. The lowest BCUT2D eigenvalue weighted by atomic mass is 9.76. The molecule has 3 heterocycles. The number of allylic oxidation sites excluding steroid dienone is 2. The van der Waals surface area contributed by atoms with Crippen molar-refractivity contribution in [2.75, 3.05) is 13.1 Å². The van der Waals surface area contributed by atoms with Gasteiger partial charge in [0.25, 0.3) is 0 Å². The summed E-state index contributed by atoms with van der Waals surface area (Å²) < 4.78 is 0. The van der Waals surface area contributed by atoms with Crippen LogP contribution in [0.25, 0.3) is 0 Å². The van der Waals surface area contributed by atoms with E-state index in [1.807, 2.05) is 12.3 Å². The minimum absolute atomic E-state index is 0.269. The normalized spacial score (nSPS) is 35.3. The number of nitrogens with zero attached hydrogens (tertiary/aromatic N) is 2. The number of hydrogen-bond donors (Lipinski definition) is 0. The Hall–Kier alpha value is -1.38. The second-order valence-electron chi connectivity index (χ2n) is 5.27. The summed E-state index contributed by atoms with van der Waals surface area (Å²) in [4.78, 5) is 18.5. The van der Waals surface area contributed by atoms with Crippen LogP contribution in [0.15, 0.2) is 29.9 Å². The SMILES string of the molecule is C=CCC1=NCC2CC1CN1C=CC(=O)CC21. The molecule has 0 amide bonds. The average molecular weight is 230 g/mol. The molecule has 0 N–H and O–H groups in total. The second-order valence-corrected chi connectivity index (χ2v) is 5.27. The van der Waals surface area contributed by atoms with Gasteiger partial charge in [-0.15, -0.1) is 6.58 Å². The molecule has 0 radical (unpaired) electrons.